The minimum Gasteiger partial charge on any atom is -0.443 e. The van der Waals surface area contributed by atoms with Crippen molar-refractivity contribution < 1.29 is 56.8 Å². The van der Waals surface area contributed by atoms with Crippen LogP contribution in [-0.4, -0.2) is 245 Å². The van der Waals surface area contributed by atoms with Gasteiger partial charge in [0.15, 0.2) is 27.7 Å². The van der Waals surface area contributed by atoms with Gasteiger partial charge in [0, 0.05) is 168 Å². The molecule has 7 aliphatic heterocycles. The third-order valence-electron chi connectivity index (χ3n) is 22.7. The van der Waals surface area contributed by atoms with Gasteiger partial charge < -0.3 is 81.0 Å². The van der Waals surface area contributed by atoms with Gasteiger partial charge in [-0.25, -0.2) is 59.4 Å². The molecule has 1 aliphatic carbocycles. The lowest BCUT2D eigenvalue weighted by Crippen LogP contribution is -2.44. The fourth-order valence-electron chi connectivity index (χ4n) is 15.8. The Hall–Kier alpha value is -10.2. The maximum absolute atomic E-state index is 12.7. The molecule has 19 heterocycles. The van der Waals surface area contributed by atoms with Crippen LogP contribution in [0.25, 0.3) is 78.4 Å². The summed E-state index contributed by atoms with van der Waals surface area (Å²) in [4.78, 5) is 102. The topological polar surface area (TPSA) is 388 Å². The lowest BCUT2D eigenvalue weighted by molar-refractivity contribution is 0.0428. The van der Waals surface area contributed by atoms with Crippen LogP contribution in [0.5, 0.6) is 0 Å². The molecule has 0 aromatic carbocycles. The van der Waals surface area contributed by atoms with E-state index in [4.69, 9.17) is 113 Å². The van der Waals surface area contributed by atoms with E-state index in [1.54, 1.807) is 78.5 Å². The summed E-state index contributed by atoms with van der Waals surface area (Å²) in [6.07, 6.45) is 21.1. The standard InChI is InChI=1S/C20H29BN2O6.C20H24N6O2.C19H23N7O2.C16H16ClN5O.C10H10Cl2N4O.ClH/c1-17(2,3)26-15(24)23(16(25)27-18(4,5)6)14-10-9-13(11-22-14)21-28-19(7)12-20(19,8)29-21;1-14-2-3-15(12-21-14)17-18-19(24-20(23-17)25-6-10-28-11-7-25)26(13-22-18)16-4-8-27-9-5-16;20-15-2-1-13(11-21-15)16-17-18(24-19(23-16)25-5-9-28-10-6-25)26(12-22-17)14-3-7-27-8-4-14;1-10-2-3-11(8-18-10)13-14-15(21-16(17)20-13)22(9-19-14)12-4-6-23-7-5-12;11-8-7-9(15-10(12)14-8)16(5-13-7)6-1-3-17-4-2-6;/h9-11H,12H2,1-8H3;2-3,12-13,16H,4-11H2,1H3;1-2,11-12,14H,3-10H2,(H2,20,21);2-3,8-9,12H,4-7H2,1H3;5-6H,1-4H2;1H. The number of nitrogens with two attached hydrogens (primary N) is 1. The van der Waals surface area contributed by atoms with Gasteiger partial charge in [0.05, 0.1) is 62.9 Å². The zero-order valence-electron chi connectivity index (χ0n) is 72.1. The van der Waals surface area contributed by atoms with Crippen LogP contribution in [0.2, 0.25) is 15.7 Å². The summed E-state index contributed by atoms with van der Waals surface area (Å²) in [5.74, 6) is 2.02. The third kappa shape index (κ3) is 21.0. The molecule has 12 aromatic rings. The van der Waals surface area contributed by atoms with Gasteiger partial charge in [-0.05, 0) is 186 Å². The van der Waals surface area contributed by atoms with E-state index in [0.29, 0.717) is 84.1 Å². The summed E-state index contributed by atoms with van der Waals surface area (Å²) in [6.45, 7) is 30.3. The smallest absolute Gasteiger partial charge is 0.443 e. The largest absolute Gasteiger partial charge is 0.496 e. The first-order valence-corrected chi connectivity index (χ1v) is 43.4. The zero-order chi connectivity index (χ0) is 87.3. The van der Waals surface area contributed by atoms with E-state index in [2.05, 4.69) is 84.4 Å². The van der Waals surface area contributed by atoms with Crippen molar-refractivity contribution in [1.29, 1.82) is 0 Å². The van der Waals surface area contributed by atoms with Crippen LogP contribution in [0.15, 0.2) is 98.6 Å². The van der Waals surface area contributed by atoms with Gasteiger partial charge in [-0.3, -0.25) is 9.97 Å². The molecule has 8 fully saturated rings. The molecule has 7 saturated heterocycles. The lowest BCUT2D eigenvalue weighted by Gasteiger charge is -2.28. The van der Waals surface area contributed by atoms with E-state index < -0.39 is 30.5 Å². The van der Waals surface area contributed by atoms with E-state index in [-0.39, 0.29) is 40.0 Å². The lowest BCUT2D eigenvalue weighted by atomic mass is 9.80. The maximum atomic E-state index is 12.7. The van der Waals surface area contributed by atoms with Crippen LogP contribution in [0.4, 0.5) is 33.1 Å². The van der Waals surface area contributed by atoms with E-state index in [9.17, 15) is 9.59 Å². The molecule has 2 unspecified atom stereocenters. The first-order chi connectivity index (χ1) is 60.2. The summed E-state index contributed by atoms with van der Waals surface area (Å²) < 4.78 is 64.0. The van der Waals surface area contributed by atoms with Gasteiger partial charge in [0.2, 0.25) is 22.5 Å². The average molecular weight is 1810 g/mol. The molecule has 0 spiro atoms. The second kappa shape index (κ2) is 39.2. The Balaban J connectivity index is 0.000000122. The van der Waals surface area contributed by atoms with Crippen molar-refractivity contribution in [2.45, 2.75) is 174 Å². The number of aryl methyl sites for hydroxylation is 2. The number of nitrogen functional groups attached to an aromatic ring is 1. The van der Waals surface area contributed by atoms with Gasteiger partial charge in [-0.15, -0.1) is 12.4 Å². The number of nitrogens with zero attached hydrogens (tertiary/aromatic N) is 23. The minimum atomic E-state index is -0.860. The normalized spacial score (nSPS) is 19.6. The van der Waals surface area contributed by atoms with Gasteiger partial charge in [0.25, 0.3) is 0 Å². The zero-order valence-corrected chi connectivity index (χ0v) is 75.2. The maximum Gasteiger partial charge on any atom is 0.496 e. The number of carbonyl (C=O) groups excluding carboxylic acids is 2. The minimum absolute atomic E-state index is 0. The molecule has 1 saturated carbocycles. The van der Waals surface area contributed by atoms with Crippen LogP contribution >= 0.6 is 47.2 Å². The summed E-state index contributed by atoms with van der Waals surface area (Å²) in [7, 11) is -0.531. The second-order valence-corrected chi connectivity index (χ2v) is 35.1. The molecule has 2 atom stereocenters. The van der Waals surface area contributed by atoms with E-state index in [0.717, 1.165) is 226 Å². The second-order valence-electron chi connectivity index (χ2n) is 34.0. The van der Waals surface area contributed by atoms with Crippen molar-refractivity contribution in [3.8, 4) is 33.8 Å². The Kier molecular flexibility index (Phi) is 28.2. The van der Waals surface area contributed by atoms with Gasteiger partial charge >= 0.3 is 19.3 Å². The van der Waals surface area contributed by atoms with Gasteiger partial charge in [-0.1, -0.05) is 17.7 Å². The highest BCUT2D eigenvalue weighted by atomic mass is 35.5. The molecule has 126 heavy (non-hydrogen) atoms. The van der Waals surface area contributed by atoms with Crippen LogP contribution < -0.4 is 25.9 Å². The van der Waals surface area contributed by atoms with Crippen molar-refractivity contribution in [2.75, 3.05) is 126 Å². The number of carbonyl (C=O) groups is 2. The predicted octanol–water partition coefficient (Wildman–Crippen LogP) is 13.6. The van der Waals surface area contributed by atoms with E-state index in [1.165, 1.54) is 6.20 Å². The van der Waals surface area contributed by atoms with Gasteiger partial charge in [0.1, 0.15) is 62.0 Å². The SMILES string of the molecule is CC(C)(C)OC(=O)N(C(=O)OC(C)(C)C)c1ccc(B2OC3(C)CC3(C)O2)cn1.Cc1ccc(-c2nc(Cl)nc3c2ncn3C2CCOCC2)cn1.Cc1ccc(-c2nc(N3CCOCC3)nc3c2ncn3C2CCOCC2)cn1.Cl.Clc1nc(Cl)c2ncn(C3CCOCC3)c2n1.Nc1ccc(-c2nc(N3CCOCC3)nc3c2ncn3C2CCOCC2)cn1. The number of amides is 2. The number of halogens is 4. The molecule has 2 amide bonds. The highest BCUT2D eigenvalue weighted by Crippen LogP contribution is 2.58. The molecular weight excluding hydrogens is 1700 g/mol. The molecule has 12 aromatic heterocycles. The number of aromatic nitrogens is 20. The first kappa shape index (κ1) is 90.6. The number of fused-ring (bicyclic) bond motifs is 5. The van der Waals surface area contributed by atoms with Crippen molar-refractivity contribution in [2.24, 2.45) is 0 Å². The quantitative estimate of drug-likeness (QED) is 0.0714. The number of morpholine rings is 2. The molecule has 2 N–H and O–H groups in total. The van der Waals surface area contributed by atoms with E-state index >= 15 is 0 Å². The average Bonchev–Trinajstić information content (AvgIpc) is 1.53. The molecule has 36 nitrogen and oxygen atoms in total. The highest BCUT2D eigenvalue weighted by molar-refractivity contribution is 6.62. The molecular formula is C85H103BCl4N24O12. The molecule has 0 bridgehead atoms. The number of ether oxygens (including phenoxy) is 8. The third-order valence-corrected chi connectivity index (χ3v) is 23.3. The Labute approximate surface area is 749 Å². The number of imide groups is 1. The Bertz CT molecular complexity index is 5550. The fourth-order valence-corrected chi connectivity index (χ4v) is 16.4. The summed E-state index contributed by atoms with van der Waals surface area (Å²) in [5.41, 5.74) is 17.5. The monoisotopic (exact) mass is 1800 g/mol. The van der Waals surface area contributed by atoms with Crippen molar-refractivity contribution >= 4 is 140 Å². The van der Waals surface area contributed by atoms with E-state index in [1.807, 2.05) is 81.7 Å². The van der Waals surface area contributed by atoms with Crippen LogP contribution in [0, 0.1) is 13.8 Å². The first-order valence-electron chi connectivity index (χ1n) is 42.3. The Morgan fingerprint density at radius 3 is 1.16 bits per heavy atom. The summed E-state index contributed by atoms with van der Waals surface area (Å²) in [6, 6.07) is 16.3. The van der Waals surface area contributed by atoms with Crippen LogP contribution in [-0.2, 0) is 47.2 Å². The number of anilines is 4. The number of hydrogen-bond acceptors (Lipinski definition) is 31. The predicted molar refractivity (Wildman–Crippen MR) is 478 cm³/mol. The van der Waals surface area contributed by atoms with Crippen LogP contribution in [0.1, 0.15) is 149 Å². The van der Waals surface area contributed by atoms with Crippen LogP contribution in [0.3, 0.4) is 0 Å². The number of rotatable bonds is 11. The molecule has 20 rings (SSSR count). The van der Waals surface area contributed by atoms with Crippen molar-refractivity contribution in [1.82, 2.24) is 98.0 Å². The number of pyridine rings is 4. The van der Waals surface area contributed by atoms with Crippen molar-refractivity contribution in [3.63, 3.8) is 0 Å². The fraction of sp³-hybridized carbons (Fsp3) is 0.506. The number of hydrogen-bond donors (Lipinski definition) is 1. The highest BCUT2D eigenvalue weighted by Gasteiger charge is 2.71. The Morgan fingerprint density at radius 2 is 0.794 bits per heavy atom. The summed E-state index contributed by atoms with van der Waals surface area (Å²) in [5, 5.41) is 0.670. The summed E-state index contributed by atoms with van der Waals surface area (Å²) >= 11 is 18.0. The molecule has 666 valence electrons. The molecule has 0 radical (unpaired) electrons. The number of imidazole rings is 4. The van der Waals surface area contributed by atoms with Gasteiger partial charge in [-0.2, -0.15) is 24.8 Å². The molecule has 41 heteroatoms. The van der Waals surface area contributed by atoms with Crippen molar-refractivity contribution in [3.05, 3.63) is 126 Å². The molecule has 8 aliphatic rings. The Morgan fingerprint density at radius 1 is 0.437 bits per heavy atom.